The van der Waals surface area contributed by atoms with Gasteiger partial charge in [-0.15, -0.1) is 0 Å². The summed E-state index contributed by atoms with van der Waals surface area (Å²) in [5.74, 6) is -0.0263. The Hall–Kier alpha value is -2.06. The highest BCUT2D eigenvalue weighted by molar-refractivity contribution is 6.62. The van der Waals surface area contributed by atoms with Gasteiger partial charge in [0.25, 0.3) is 5.91 Å². The topological polar surface area (TPSA) is 77.1 Å². The Morgan fingerprint density at radius 3 is 2.59 bits per heavy atom. The van der Waals surface area contributed by atoms with Gasteiger partial charge >= 0.3 is 13.2 Å². The van der Waals surface area contributed by atoms with Gasteiger partial charge in [-0.25, -0.2) is 4.79 Å². The minimum absolute atomic E-state index is 0.0263. The van der Waals surface area contributed by atoms with E-state index in [-0.39, 0.29) is 5.91 Å². The van der Waals surface area contributed by atoms with Crippen molar-refractivity contribution in [2.24, 2.45) is 0 Å². The molecular weight excluding hydrogens is 371 g/mol. The van der Waals surface area contributed by atoms with Gasteiger partial charge in [-0.05, 0) is 51.2 Å². The van der Waals surface area contributed by atoms with Crippen LogP contribution in [0.1, 0.15) is 63.4 Å². The van der Waals surface area contributed by atoms with Crippen LogP contribution in [0.5, 0.6) is 0 Å². The van der Waals surface area contributed by atoms with Crippen LogP contribution in [-0.4, -0.2) is 54.9 Å². The van der Waals surface area contributed by atoms with Gasteiger partial charge in [0.1, 0.15) is 0 Å². The lowest BCUT2D eigenvalue weighted by Crippen LogP contribution is -2.41. The van der Waals surface area contributed by atoms with Crippen molar-refractivity contribution in [1.29, 1.82) is 0 Å². The fourth-order valence-corrected chi connectivity index (χ4v) is 3.36. The van der Waals surface area contributed by atoms with Crippen LogP contribution in [-0.2, 0) is 20.6 Å². The number of unbranched alkanes of at least 4 members (excludes halogenated alkanes) is 1. The van der Waals surface area contributed by atoms with E-state index in [0.29, 0.717) is 31.8 Å². The SMILES string of the molecule is CCCCOC(=O)NCCN1Cc2cc(B3OC(C)(C)C(C)(C)O3)ccc2C1=O. The number of fused-ring (bicyclic) bond motifs is 1. The molecule has 0 atom stereocenters. The van der Waals surface area contributed by atoms with Crippen LogP contribution in [0.2, 0.25) is 0 Å². The van der Waals surface area contributed by atoms with Crippen LogP contribution < -0.4 is 10.8 Å². The summed E-state index contributed by atoms with van der Waals surface area (Å²) in [7, 11) is -0.450. The van der Waals surface area contributed by atoms with Crippen molar-refractivity contribution < 1.29 is 23.6 Å². The van der Waals surface area contributed by atoms with Gasteiger partial charge < -0.3 is 24.3 Å². The predicted molar refractivity (Wildman–Crippen MR) is 111 cm³/mol. The molecule has 0 radical (unpaired) electrons. The molecule has 1 aromatic rings. The van der Waals surface area contributed by atoms with Gasteiger partial charge in [0.2, 0.25) is 0 Å². The minimum atomic E-state index is -0.450. The lowest BCUT2D eigenvalue weighted by atomic mass is 9.78. The monoisotopic (exact) mass is 402 g/mol. The number of rotatable bonds is 7. The third-order valence-electron chi connectivity index (χ3n) is 5.92. The molecule has 3 rings (SSSR count). The highest BCUT2D eigenvalue weighted by atomic mass is 16.7. The molecule has 0 aromatic heterocycles. The summed E-state index contributed by atoms with van der Waals surface area (Å²) in [5.41, 5.74) is 1.74. The second-order valence-corrected chi connectivity index (χ2v) is 8.65. The van der Waals surface area contributed by atoms with E-state index >= 15 is 0 Å². The van der Waals surface area contributed by atoms with Gasteiger partial charge in [-0.3, -0.25) is 4.79 Å². The first-order valence-corrected chi connectivity index (χ1v) is 10.3. The maximum atomic E-state index is 12.6. The summed E-state index contributed by atoms with van der Waals surface area (Å²) in [6, 6.07) is 5.72. The van der Waals surface area contributed by atoms with E-state index in [0.717, 1.165) is 23.9 Å². The van der Waals surface area contributed by atoms with Crippen molar-refractivity contribution in [3.8, 4) is 0 Å². The largest absolute Gasteiger partial charge is 0.494 e. The molecule has 1 saturated heterocycles. The van der Waals surface area contributed by atoms with Crippen molar-refractivity contribution in [2.75, 3.05) is 19.7 Å². The zero-order chi connectivity index (χ0) is 21.2. The first kappa shape index (κ1) is 21.6. The molecular formula is C21H31BN2O5. The molecule has 0 spiro atoms. The van der Waals surface area contributed by atoms with E-state index in [1.54, 1.807) is 4.90 Å². The number of alkyl carbamates (subject to hydrolysis) is 1. The summed E-state index contributed by atoms with van der Waals surface area (Å²) in [4.78, 5) is 26.0. The Labute approximate surface area is 173 Å². The van der Waals surface area contributed by atoms with Gasteiger partial charge in [-0.2, -0.15) is 0 Å². The van der Waals surface area contributed by atoms with E-state index in [4.69, 9.17) is 14.0 Å². The summed E-state index contributed by atoms with van der Waals surface area (Å²) in [6.45, 7) is 11.8. The lowest BCUT2D eigenvalue weighted by molar-refractivity contribution is 0.00578. The number of hydrogen-bond donors (Lipinski definition) is 1. The van der Waals surface area contributed by atoms with E-state index < -0.39 is 24.4 Å². The Kier molecular flexibility index (Phi) is 6.24. The second-order valence-electron chi connectivity index (χ2n) is 8.65. The molecule has 0 bridgehead atoms. The minimum Gasteiger partial charge on any atom is -0.450 e. The van der Waals surface area contributed by atoms with E-state index in [1.165, 1.54) is 0 Å². The van der Waals surface area contributed by atoms with Gasteiger partial charge in [0.15, 0.2) is 0 Å². The predicted octanol–water partition coefficient (Wildman–Crippen LogP) is 2.47. The second kappa shape index (κ2) is 8.36. The number of ether oxygens (including phenoxy) is 1. The van der Waals surface area contributed by atoms with E-state index in [9.17, 15) is 9.59 Å². The van der Waals surface area contributed by atoms with Crippen LogP contribution >= 0.6 is 0 Å². The van der Waals surface area contributed by atoms with E-state index in [1.807, 2.05) is 52.8 Å². The molecule has 1 aromatic carbocycles. The molecule has 1 N–H and O–H groups in total. The number of hydrogen-bond acceptors (Lipinski definition) is 5. The zero-order valence-corrected chi connectivity index (χ0v) is 18.0. The standard InChI is InChI=1S/C21H31BN2O5/c1-6-7-12-27-19(26)23-10-11-24-14-15-13-16(8-9-17(15)18(24)25)22-28-20(2,3)21(4,5)29-22/h8-9,13H,6-7,10-12,14H2,1-5H3,(H,23,26). The maximum absolute atomic E-state index is 12.6. The van der Waals surface area contributed by atoms with E-state index in [2.05, 4.69) is 5.32 Å². The quantitative estimate of drug-likeness (QED) is 0.560. The number of carbonyl (C=O) groups excluding carboxylic acids is 2. The molecule has 0 unspecified atom stereocenters. The van der Waals surface area contributed by atoms with Crippen LogP contribution in [0, 0.1) is 0 Å². The summed E-state index contributed by atoms with van der Waals surface area (Å²) in [6.07, 6.45) is 1.38. The highest BCUT2D eigenvalue weighted by Gasteiger charge is 2.51. The van der Waals surface area contributed by atoms with Crippen LogP contribution in [0.25, 0.3) is 0 Å². The molecule has 2 heterocycles. The number of amides is 2. The Balaban J connectivity index is 1.57. The third-order valence-corrected chi connectivity index (χ3v) is 5.92. The van der Waals surface area contributed by atoms with Crippen LogP contribution in [0.4, 0.5) is 4.79 Å². The Morgan fingerprint density at radius 2 is 1.93 bits per heavy atom. The molecule has 158 valence electrons. The maximum Gasteiger partial charge on any atom is 0.494 e. The Bertz CT molecular complexity index is 764. The number of carbonyl (C=O) groups is 2. The third kappa shape index (κ3) is 4.59. The summed E-state index contributed by atoms with van der Waals surface area (Å²) in [5, 5.41) is 2.69. The molecule has 2 aliphatic rings. The molecule has 29 heavy (non-hydrogen) atoms. The first-order valence-electron chi connectivity index (χ1n) is 10.3. The first-order chi connectivity index (χ1) is 13.6. The molecule has 0 saturated carbocycles. The number of nitrogens with one attached hydrogen (secondary N) is 1. The fourth-order valence-electron chi connectivity index (χ4n) is 3.36. The summed E-state index contributed by atoms with van der Waals surface area (Å²) >= 11 is 0. The molecule has 8 heteroatoms. The fraction of sp³-hybridized carbons (Fsp3) is 0.619. The molecule has 1 fully saturated rings. The average Bonchev–Trinajstić information content (AvgIpc) is 3.07. The van der Waals surface area contributed by atoms with Crippen molar-refractivity contribution in [1.82, 2.24) is 10.2 Å². The van der Waals surface area contributed by atoms with Gasteiger partial charge in [-0.1, -0.05) is 25.5 Å². The molecule has 2 amide bonds. The van der Waals surface area contributed by atoms with Gasteiger partial charge in [0, 0.05) is 25.2 Å². The average molecular weight is 402 g/mol. The Morgan fingerprint density at radius 1 is 1.24 bits per heavy atom. The molecule has 0 aliphatic carbocycles. The van der Waals surface area contributed by atoms with Crippen LogP contribution in [0.3, 0.4) is 0 Å². The summed E-state index contributed by atoms with van der Waals surface area (Å²) < 4.78 is 17.3. The number of benzene rings is 1. The smallest absolute Gasteiger partial charge is 0.450 e. The molecule has 7 nitrogen and oxygen atoms in total. The highest BCUT2D eigenvalue weighted by Crippen LogP contribution is 2.36. The number of nitrogens with zero attached hydrogens (tertiary/aromatic N) is 1. The van der Waals surface area contributed by atoms with Crippen molar-refractivity contribution in [3.63, 3.8) is 0 Å². The van der Waals surface area contributed by atoms with Crippen molar-refractivity contribution in [3.05, 3.63) is 29.3 Å². The lowest BCUT2D eigenvalue weighted by Gasteiger charge is -2.32. The van der Waals surface area contributed by atoms with Crippen molar-refractivity contribution >= 4 is 24.6 Å². The zero-order valence-electron chi connectivity index (χ0n) is 18.0. The normalized spacial score (nSPS) is 19.4. The van der Waals surface area contributed by atoms with Gasteiger partial charge in [0.05, 0.1) is 17.8 Å². The van der Waals surface area contributed by atoms with Crippen molar-refractivity contribution in [2.45, 2.75) is 65.2 Å². The molecule has 2 aliphatic heterocycles. The van der Waals surface area contributed by atoms with Crippen LogP contribution in [0.15, 0.2) is 18.2 Å².